The third-order valence-corrected chi connectivity index (χ3v) is 5.38. The van der Waals surface area contributed by atoms with Gasteiger partial charge in [-0.15, -0.1) is 5.10 Å². The maximum absolute atomic E-state index is 13.1. The molecule has 1 N–H and O–H groups in total. The first kappa shape index (κ1) is 17.3. The number of hydrogen-bond acceptors (Lipinski definition) is 7. The van der Waals surface area contributed by atoms with Crippen molar-refractivity contribution in [3.05, 3.63) is 54.0 Å². The summed E-state index contributed by atoms with van der Waals surface area (Å²) in [6.07, 6.45) is 1.69. The molecule has 11 nitrogen and oxygen atoms in total. The van der Waals surface area contributed by atoms with Crippen LogP contribution in [0.15, 0.2) is 42.7 Å². The second kappa shape index (κ2) is 6.69. The molecule has 3 aromatic rings. The standard InChI is InChI=1S/C18H18N8O3/c27-16(14-8-15(21-20-14)26-12-19-22-23-26)24-6-7-25-17(28)29-11-18(25,10-24)9-13-4-2-1-3-5-13/h1-5,8,12H,6-7,9-11H2,(H,20,21). The van der Waals surface area contributed by atoms with E-state index in [-0.39, 0.29) is 18.6 Å². The van der Waals surface area contributed by atoms with Crippen LogP contribution in [0.25, 0.3) is 5.82 Å². The fraction of sp³-hybridized carbons (Fsp3) is 0.333. The van der Waals surface area contributed by atoms with Gasteiger partial charge in [-0.05, 0) is 16.0 Å². The lowest BCUT2D eigenvalue weighted by atomic mass is 9.88. The van der Waals surface area contributed by atoms with Gasteiger partial charge >= 0.3 is 6.09 Å². The Morgan fingerprint density at radius 2 is 2.10 bits per heavy atom. The molecule has 0 saturated carbocycles. The number of nitrogens with one attached hydrogen (secondary N) is 1. The number of H-pyrrole nitrogens is 1. The molecule has 2 amide bonds. The lowest BCUT2D eigenvalue weighted by Gasteiger charge is -2.44. The predicted octanol–water partition coefficient (Wildman–Crippen LogP) is 0.275. The van der Waals surface area contributed by atoms with Gasteiger partial charge in [-0.25, -0.2) is 4.79 Å². The van der Waals surface area contributed by atoms with Crippen LogP contribution >= 0.6 is 0 Å². The minimum absolute atomic E-state index is 0.191. The van der Waals surface area contributed by atoms with Crippen LogP contribution in [-0.4, -0.2) is 84.0 Å². The van der Waals surface area contributed by atoms with E-state index >= 15 is 0 Å². The van der Waals surface area contributed by atoms with E-state index in [2.05, 4.69) is 25.7 Å². The molecule has 148 valence electrons. The van der Waals surface area contributed by atoms with Crippen molar-refractivity contribution in [1.29, 1.82) is 0 Å². The Kier molecular flexibility index (Phi) is 4.00. The second-order valence-corrected chi connectivity index (χ2v) is 7.21. The average molecular weight is 394 g/mol. The van der Waals surface area contributed by atoms with Crippen molar-refractivity contribution in [3.8, 4) is 5.82 Å². The molecule has 1 aromatic carbocycles. The molecule has 29 heavy (non-hydrogen) atoms. The zero-order chi connectivity index (χ0) is 19.8. The summed E-state index contributed by atoms with van der Waals surface area (Å²) in [6.45, 7) is 1.48. The Bertz CT molecular complexity index is 1030. The molecule has 2 aromatic heterocycles. The molecule has 2 aliphatic rings. The normalized spacial score (nSPS) is 21.2. The summed E-state index contributed by atoms with van der Waals surface area (Å²) in [4.78, 5) is 28.8. The number of aromatic amines is 1. The molecule has 1 atom stereocenters. The fourth-order valence-corrected chi connectivity index (χ4v) is 3.99. The average Bonchev–Trinajstić information content (AvgIpc) is 3.48. The zero-order valence-corrected chi connectivity index (χ0v) is 15.4. The van der Waals surface area contributed by atoms with E-state index in [4.69, 9.17) is 4.74 Å². The number of amides is 2. The largest absolute Gasteiger partial charge is 0.447 e. The van der Waals surface area contributed by atoms with Gasteiger partial charge in [0.05, 0.1) is 0 Å². The van der Waals surface area contributed by atoms with Gasteiger partial charge in [0.1, 0.15) is 24.2 Å². The number of nitrogens with zero attached hydrogens (tertiary/aromatic N) is 7. The van der Waals surface area contributed by atoms with Crippen LogP contribution in [-0.2, 0) is 11.2 Å². The van der Waals surface area contributed by atoms with Crippen LogP contribution in [0.3, 0.4) is 0 Å². The first-order valence-electron chi connectivity index (χ1n) is 9.21. The zero-order valence-electron chi connectivity index (χ0n) is 15.4. The number of carbonyl (C=O) groups is 2. The Balaban J connectivity index is 1.39. The third-order valence-electron chi connectivity index (χ3n) is 5.38. The van der Waals surface area contributed by atoms with Gasteiger partial charge < -0.3 is 9.64 Å². The molecular weight excluding hydrogens is 376 g/mol. The van der Waals surface area contributed by atoms with E-state index in [1.807, 2.05) is 30.3 Å². The monoisotopic (exact) mass is 394 g/mol. The smallest absolute Gasteiger partial charge is 0.410 e. The number of tetrazole rings is 1. The second-order valence-electron chi connectivity index (χ2n) is 7.21. The van der Waals surface area contributed by atoms with Crippen LogP contribution in [0.5, 0.6) is 0 Å². The Morgan fingerprint density at radius 3 is 2.90 bits per heavy atom. The highest BCUT2D eigenvalue weighted by Crippen LogP contribution is 2.32. The molecule has 2 saturated heterocycles. The van der Waals surface area contributed by atoms with Crippen molar-refractivity contribution in [2.75, 3.05) is 26.2 Å². The molecule has 1 unspecified atom stereocenters. The minimum atomic E-state index is -0.578. The topological polar surface area (TPSA) is 122 Å². The number of hydrogen-bond donors (Lipinski definition) is 1. The van der Waals surface area contributed by atoms with E-state index in [0.717, 1.165) is 5.56 Å². The van der Waals surface area contributed by atoms with Gasteiger partial charge in [-0.3, -0.25) is 14.8 Å². The van der Waals surface area contributed by atoms with Crippen LogP contribution in [0.4, 0.5) is 4.79 Å². The van der Waals surface area contributed by atoms with Gasteiger partial charge in [-0.1, -0.05) is 30.3 Å². The summed E-state index contributed by atoms with van der Waals surface area (Å²) < 4.78 is 6.73. The summed E-state index contributed by atoms with van der Waals surface area (Å²) in [5, 5.41) is 17.8. The highest BCUT2D eigenvalue weighted by atomic mass is 16.6. The molecule has 0 aliphatic carbocycles. The molecule has 5 rings (SSSR count). The lowest BCUT2D eigenvalue weighted by molar-refractivity contribution is 0.0371. The number of ether oxygens (including phenoxy) is 1. The van der Waals surface area contributed by atoms with E-state index in [0.29, 0.717) is 37.6 Å². The molecule has 0 radical (unpaired) electrons. The van der Waals surface area contributed by atoms with Crippen molar-refractivity contribution in [2.24, 2.45) is 0 Å². The molecular formula is C18H18N8O3. The molecule has 11 heteroatoms. The van der Waals surface area contributed by atoms with Crippen molar-refractivity contribution < 1.29 is 14.3 Å². The first-order chi connectivity index (χ1) is 14.1. The number of piperazine rings is 1. The number of rotatable bonds is 4. The number of fused-ring (bicyclic) bond motifs is 1. The van der Waals surface area contributed by atoms with Gasteiger partial charge in [-0.2, -0.15) is 9.78 Å². The van der Waals surface area contributed by atoms with Gasteiger partial charge in [0.25, 0.3) is 5.91 Å². The van der Waals surface area contributed by atoms with Crippen molar-refractivity contribution >= 4 is 12.0 Å². The minimum Gasteiger partial charge on any atom is -0.447 e. The van der Waals surface area contributed by atoms with Crippen molar-refractivity contribution in [3.63, 3.8) is 0 Å². The summed E-state index contributed by atoms with van der Waals surface area (Å²) in [5.74, 6) is 0.235. The number of benzene rings is 1. The van der Waals surface area contributed by atoms with Gasteiger partial charge in [0.15, 0.2) is 5.82 Å². The summed E-state index contributed by atoms with van der Waals surface area (Å²) >= 11 is 0. The van der Waals surface area contributed by atoms with E-state index in [1.54, 1.807) is 15.9 Å². The molecule has 2 fully saturated rings. The highest BCUT2D eigenvalue weighted by molar-refractivity contribution is 5.93. The van der Waals surface area contributed by atoms with Crippen LogP contribution < -0.4 is 0 Å². The van der Waals surface area contributed by atoms with Crippen LogP contribution in [0, 0.1) is 0 Å². The first-order valence-corrected chi connectivity index (χ1v) is 9.21. The maximum Gasteiger partial charge on any atom is 0.410 e. The van der Waals surface area contributed by atoms with Gasteiger partial charge in [0, 0.05) is 32.1 Å². The highest BCUT2D eigenvalue weighted by Gasteiger charge is 2.51. The van der Waals surface area contributed by atoms with Crippen molar-refractivity contribution in [1.82, 2.24) is 40.2 Å². The van der Waals surface area contributed by atoms with E-state index in [1.165, 1.54) is 11.0 Å². The van der Waals surface area contributed by atoms with Crippen LogP contribution in [0.1, 0.15) is 16.1 Å². The molecule has 2 aliphatic heterocycles. The quantitative estimate of drug-likeness (QED) is 0.674. The molecule has 4 heterocycles. The summed E-state index contributed by atoms with van der Waals surface area (Å²) in [7, 11) is 0. The maximum atomic E-state index is 13.1. The van der Waals surface area contributed by atoms with Crippen molar-refractivity contribution in [2.45, 2.75) is 12.0 Å². The number of carbonyl (C=O) groups excluding carboxylic acids is 2. The Labute approximate surface area is 165 Å². The van der Waals surface area contributed by atoms with Gasteiger partial charge in [0.2, 0.25) is 0 Å². The third kappa shape index (κ3) is 3.00. The van der Waals surface area contributed by atoms with Crippen LogP contribution in [0.2, 0.25) is 0 Å². The molecule has 0 spiro atoms. The predicted molar refractivity (Wildman–Crippen MR) is 98.1 cm³/mol. The Morgan fingerprint density at radius 1 is 1.24 bits per heavy atom. The Hall–Kier alpha value is -3.76. The number of aromatic nitrogens is 6. The number of cyclic esters (lactones) is 1. The SMILES string of the molecule is O=C(c1cc(-n2cnnn2)n[nH]1)N1CCN2C(=O)OCC2(Cc2ccccc2)C1. The summed E-state index contributed by atoms with van der Waals surface area (Å²) in [5.41, 5.74) is 0.849. The summed E-state index contributed by atoms with van der Waals surface area (Å²) in [6, 6.07) is 11.5. The van der Waals surface area contributed by atoms with E-state index in [9.17, 15) is 9.59 Å². The lowest BCUT2D eigenvalue weighted by Crippen LogP contribution is -2.63. The molecule has 0 bridgehead atoms. The van der Waals surface area contributed by atoms with E-state index < -0.39 is 5.54 Å². The fourth-order valence-electron chi connectivity index (χ4n) is 3.99.